The van der Waals surface area contributed by atoms with Crippen molar-refractivity contribution in [3.8, 4) is 11.6 Å². The summed E-state index contributed by atoms with van der Waals surface area (Å²) in [6.45, 7) is 4.80. The van der Waals surface area contributed by atoms with Crippen molar-refractivity contribution in [1.82, 2.24) is 29.7 Å². The van der Waals surface area contributed by atoms with Gasteiger partial charge in [-0.15, -0.1) is 0 Å². The highest BCUT2D eigenvalue weighted by molar-refractivity contribution is 5.94. The van der Waals surface area contributed by atoms with E-state index in [9.17, 15) is 9.59 Å². The molecule has 0 unspecified atom stereocenters. The number of anilines is 1. The smallest absolute Gasteiger partial charge is 0.270 e. The average molecular weight is 480 g/mol. The number of pyridine rings is 2. The minimum absolute atomic E-state index is 0.0290. The van der Waals surface area contributed by atoms with Gasteiger partial charge >= 0.3 is 0 Å². The van der Waals surface area contributed by atoms with Crippen LogP contribution in [0.4, 0.5) is 5.82 Å². The van der Waals surface area contributed by atoms with Crippen molar-refractivity contribution in [2.75, 3.05) is 45.2 Å². The summed E-state index contributed by atoms with van der Waals surface area (Å²) in [6, 6.07) is 7.32. The number of piperidine rings is 1. The van der Waals surface area contributed by atoms with Crippen LogP contribution in [0.15, 0.2) is 35.3 Å². The Hall–Kier alpha value is -3.57. The maximum atomic E-state index is 12.5. The number of aromatic nitrogens is 4. The fraction of sp³-hybridized carbons (Fsp3) is 0.458. The van der Waals surface area contributed by atoms with Gasteiger partial charge in [-0.2, -0.15) is 4.98 Å². The van der Waals surface area contributed by atoms with Crippen LogP contribution < -0.4 is 25.7 Å². The van der Waals surface area contributed by atoms with Crippen LogP contribution in [-0.2, 0) is 17.9 Å². The molecule has 3 aromatic heterocycles. The average Bonchev–Trinajstić information content (AvgIpc) is 2.88. The van der Waals surface area contributed by atoms with Crippen LogP contribution in [0.2, 0.25) is 0 Å². The van der Waals surface area contributed by atoms with Crippen molar-refractivity contribution >= 4 is 22.9 Å². The summed E-state index contributed by atoms with van der Waals surface area (Å²) in [5.74, 6) is 1.87. The summed E-state index contributed by atoms with van der Waals surface area (Å²) in [7, 11) is 1.56. The van der Waals surface area contributed by atoms with Crippen LogP contribution in [0.25, 0.3) is 11.2 Å². The van der Waals surface area contributed by atoms with Crippen LogP contribution in [0.3, 0.4) is 0 Å². The molecule has 1 atom stereocenters. The van der Waals surface area contributed by atoms with Crippen molar-refractivity contribution in [1.29, 1.82) is 0 Å². The summed E-state index contributed by atoms with van der Waals surface area (Å²) >= 11 is 0. The maximum absolute atomic E-state index is 12.5. The molecule has 5 rings (SSSR count). The lowest BCUT2D eigenvalue weighted by Crippen LogP contribution is -2.41. The van der Waals surface area contributed by atoms with Crippen LogP contribution in [0, 0.1) is 5.92 Å². The molecule has 0 aliphatic carbocycles. The van der Waals surface area contributed by atoms with Gasteiger partial charge in [0.15, 0.2) is 23.8 Å². The van der Waals surface area contributed by atoms with Gasteiger partial charge in [0.25, 0.3) is 11.5 Å². The summed E-state index contributed by atoms with van der Waals surface area (Å²) < 4.78 is 12.3. The summed E-state index contributed by atoms with van der Waals surface area (Å²) in [4.78, 5) is 39.6. The summed E-state index contributed by atoms with van der Waals surface area (Å²) in [5, 5.41) is 6.25. The molecule has 0 aromatic carbocycles. The minimum Gasteiger partial charge on any atom is -0.481 e. The number of nitrogens with one attached hydrogen (secondary N) is 2. The van der Waals surface area contributed by atoms with Gasteiger partial charge < -0.3 is 25.0 Å². The zero-order valence-corrected chi connectivity index (χ0v) is 19.7. The Balaban J connectivity index is 1.15. The number of hydrogen-bond donors (Lipinski definition) is 2. The molecule has 11 heteroatoms. The number of ether oxygens (including phenoxy) is 2. The Morgan fingerprint density at radius 3 is 3.00 bits per heavy atom. The van der Waals surface area contributed by atoms with E-state index in [1.165, 1.54) is 6.20 Å². The monoisotopic (exact) mass is 479 g/mol. The van der Waals surface area contributed by atoms with E-state index in [1.54, 1.807) is 17.7 Å². The number of hydrogen-bond acceptors (Lipinski definition) is 9. The molecular weight excluding hydrogens is 450 g/mol. The fourth-order valence-electron chi connectivity index (χ4n) is 4.62. The van der Waals surface area contributed by atoms with E-state index in [1.807, 2.05) is 18.2 Å². The molecule has 3 aromatic rings. The highest BCUT2D eigenvalue weighted by Gasteiger charge is 2.21. The van der Waals surface area contributed by atoms with Crippen LogP contribution in [0.1, 0.15) is 18.5 Å². The zero-order chi connectivity index (χ0) is 24.2. The molecule has 11 nitrogen and oxygen atoms in total. The third-order valence-corrected chi connectivity index (χ3v) is 6.39. The van der Waals surface area contributed by atoms with Crippen LogP contribution in [0.5, 0.6) is 11.6 Å². The predicted octanol–water partition coefficient (Wildman–Crippen LogP) is 1.03. The van der Waals surface area contributed by atoms with E-state index >= 15 is 0 Å². The number of carbonyl (C=O) groups excluding carboxylic acids is 1. The normalized spacial score (nSPS) is 18.1. The second kappa shape index (κ2) is 10.4. The lowest BCUT2D eigenvalue weighted by atomic mass is 9.98. The van der Waals surface area contributed by atoms with Gasteiger partial charge in [0.1, 0.15) is 5.52 Å². The second-order valence-corrected chi connectivity index (χ2v) is 8.87. The number of likely N-dealkylation sites (tertiary alicyclic amines) is 1. The molecule has 35 heavy (non-hydrogen) atoms. The molecule has 0 bridgehead atoms. The first kappa shape index (κ1) is 23.2. The van der Waals surface area contributed by atoms with Gasteiger partial charge in [0.2, 0.25) is 5.88 Å². The molecule has 184 valence electrons. The lowest BCUT2D eigenvalue weighted by molar-refractivity contribution is -0.118. The molecule has 2 N–H and O–H groups in total. The number of amides is 1. The van der Waals surface area contributed by atoms with E-state index in [4.69, 9.17) is 9.47 Å². The van der Waals surface area contributed by atoms with Crippen molar-refractivity contribution in [3.63, 3.8) is 0 Å². The molecule has 0 spiro atoms. The quantitative estimate of drug-likeness (QED) is 0.487. The van der Waals surface area contributed by atoms with Gasteiger partial charge in [-0.1, -0.05) is 0 Å². The van der Waals surface area contributed by atoms with E-state index in [0.29, 0.717) is 47.6 Å². The zero-order valence-electron chi connectivity index (χ0n) is 19.7. The summed E-state index contributed by atoms with van der Waals surface area (Å²) in [6.07, 6.45) is 3.62. The molecule has 5 heterocycles. The first-order valence-corrected chi connectivity index (χ1v) is 11.9. The molecule has 2 aliphatic heterocycles. The first-order chi connectivity index (χ1) is 17.1. The van der Waals surface area contributed by atoms with Crippen molar-refractivity contribution in [2.45, 2.75) is 25.9 Å². The highest BCUT2D eigenvalue weighted by Crippen LogP contribution is 2.25. The highest BCUT2D eigenvalue weighted by atomic mass is 16.5. The predicted molar refractivity (Wildman–Crippen MR) is 130 cm³/mol. The number of carbonyl (C=O) groups is 1. The first-order valence-electron chi connectivity index (χ1n) is 11.9. The van der Waals surface area contributed by atoms with Crippen molar-refractivity contribution < 1.29 is 14.3 Å². The molecular formula is C24H29N7O4. The Kier molecular flexibility index (Phi) is 6.87. The van der Waals surface area contributed by atoms with Crippen molar-refractivity contribution in [3.05, 3.63) is 46.5 Å². The third kappa shape index (κ3) is 5.41. The molecule has 0 radical (unpaired) electrons. The van der Waals surface area contributed by atoms with Gasteiger partial charge in [-0.25, -0.2) is 9.97 Å². The van der Waals surface area contributed by atoms with Gasteiger partial charge in [0.05, 0.1) is 19.0 Å². The molecule has 1 saturated heterocycles. The third-order valence-electron chi connectivity index (χ3n) is 6.39. The lowest BCUT2D eigenvalue weighted by Gasteiger charge is -2.33. The number of rotatable bonds is 8. The number of fused-ring (bicyclic) bond motifs is 2. The summed E-state index contributed by atoms with van der Waals surface area (Å²) in [5.41, 5.74) is 1.92. The Labute approximate surface area is 202 Å². The standard InChI is InChI=1S/C24H29N7O4/c1-34-21-7-5-18-24(29-21)31(22(33)13-26-18)10-9-30-8-2-3-16(14-30)11-25-12-17-4-6-19-23(27-17)28-20(32)15-35-19/h4-7,13,16,25H,2-3,8-12,14-15H2,1H3,(H,27,28,32)/t16-/m0/s1. The van der Waals surface area contributed by atoms with Crippen molar-refractivity contribution in [2.24, 2.45) is 5.92 Å². The largest absolute Gasteiger partial charge is 0.481 e. The Morgan fingerprint density at radius 2 is 2.11 bits per heavy atom. The van der Waals surface area contributed by atoms with E-state index in [-0.39, 0.29) is 18.1 Å². The topological polar surface area (TPSA) is 124 Å². The van der Waals surface area contributed by atoms with E-state index < -0.39 is 0 Å². The fourth-order valence-corrected chi connectivity index (χ4v) is 4.62. The second-order valence-electron chi connectivity index (χ2n) is 8.87. The molecule has 1 fully saturated rings. The van der Waals surface area contributed by atoms with Gasteiger partial charge in [-0.3, -0.25) is 14.2 Å². The van der Waals surface area contributed by atoms with Gasteiger partial charge in [-0.05, 0) is 50.0 Å². The molecule has 0 saturated carbocycles. The van der Waals surface area contributed by atoms with E-state index in [0.717, 1.165) is 44.7 Å². The van der Waals surface area contributed by atoms with Gasteiger partial charge in [0, 0.05) is 32.2 Å². The minimum atomic E-state index is -0.186. The van der Waals surface area contributed by atoms with Crippen LogP contribution in [-0.4, -0.2) is 70.2 Å². The maximum Gasteiger partial charge on any atom is 0.270 e. The van der Waals surface area contributed by atoms with E-state index in [2.05, 4.69) is 30.5 Å². The number of nitrogens with zero attached hydrogens (tertiary/aromatic N) is 5. The Bertz CT molecular complexity index is 1280. The SMILES string of the molecule is COc1ccc2ncc(=O)n(CCN3CCC[C@@H](CNCc4ccc5c(n4)NC(=O)CO5)C3)c2n1. The molecule has 1 amide bonds. The van der Waals surface area contributed by atoms with Crippen LogP contribution >= 0.6 is 0 Å². The Morgan fingerprint density at radius 1 is 1.20 bits per heavy atom. The molecule has 2 aliphatic rings. The number of methoxy groups -OCH3 is 1.